The molecule has 4 heterocycles. The molecule has 2 unspecified atom stereocenters. The summed E-state index contributed by atoms with van der Waals surface area (Å²) in [5.74, 6) is -0.194. The standard InChI is InChI=1S/C53H64N2O10S/c1-28-7-13-38(45(62-6)43(28)50-21-23-54(26-33-8-9-33)32(5)52(50,60)19-17-36(56)31(50)4)63-48(58)29(2)40-15-16-41(66-40)30(3)49(59)64-39-14-12-35-25-42-53(61)20-18-37(57)47-51(53,44(35)46(39)65-47)22-24-55(42)27-34-10-11-34/h7,12-16,29-34,42,47,60-61H,8-11,17-27H2,1-6H3/t29?,30?,31-,32+,42+,47-,50+,51-,52+,53+/m0/s1. The molecule has 13 heteroatoms. The van der Waals surface area contributed by atoms with Crippen molar-refractivity contribution in [3.8, 4) is 23.0 Å². The van der Waals surface area contributed by atoms with Gasteiger partial charge in [-0.25, -0.2) is 0 Å². The average Bonchev–Trinajstić information content (AvgIpc) is 4.22. The monoisotopic (exact) mass is 920 g/mol. The molecule has 66 heavy (non-hydrogen) atoms. The third-order valence-corrected chi connectivity index (χ3v) is 19.6. The minimum atomic E-state index is -1.21. The summed E-state index contributed by atoms with van der Waals surface area (Å²) in [6.45, 7) is 13.0. The van der Waals surface area contributed by atoms with E-state index in [0.29, 0.717) is 71.6 Å². The largest absolute Gasteiger partial charge is 0.493 e. The van der Waals surface area contributed by atoms with Crippen LogP contribution in [0.1, 0.15) is 136 Å². The van der Waals surface area contributed by atoms with Crippen molar-refractivity contribution in [3.05, 3.63) is 68.4 Å². The van der Waals surface area contributed by atoms with Crippen molar-refractivity contribution in [1.82, 2.24) is 9.80 Å². The zero-order valence-electron chi connectivity index (χ0n) is 39.2. The Kier molecular flexibility index (Phi) is 10.6. The average molecular weight is 921 g/mol. The second-order valence-corrected chi connectivity index (χ2v) is 22.6. The highest BCUT2D eigenvalue weighted by molar-refractivity contribution is 7.12. The highest BCUT2D eigenvalue weighted by atomic mass is 32.1. The molecule has 1 spiro atoms. The highest BCUT2D eigenvalue weighted by Gasteiger charge is 2.73. The van der Waals surface area contributed by atoms with Gasteiger partial charge in [0.1, 0.15) is 5.78 Å². The molecular formula is C53H64N2O10S. The van der Waals surface area contributed by atoms with E-state index >= 15 is 0 Å². The summed E-state index contributed by atoms with van der Waals surface area (Å²) in [7, 11) is 1.55. The number of esters is 2. The van der Waals surface area contributed by atoms with Gasteiger partial charge in [0, 0.05) is 70.2 Å². The summed E-state index contributed by atoms with van der Waals surface area (Å²) in [6, 6.07) is 10.8. The lowest BCUT2D eigenvalue weighted by Crippen LogP contribution is -2.76. The Bertz CT molecular complexity index is 2530. The van der Waals surface area contributed by atoms with Crippen molar-refractivity contribution in [2.45, 2.75) is 157 Å². The molecule has 2 aromatic carbocycles. The Morgan fingerprint density at radius 1 is 0.773 bits per heavy atom. The number of rotatable bonds is 12. The molecule has 3 aromatic rings. The number of thiophene rings is 1. The molecule has 2 N–H and O–H groups in total. The van der Waals surface area contributed by atoms with Gasteiger partial charge >= 0.3 is 11.9 Å². The van der Waals surface area contributed by atoms with Crippen LogP contribution in [0.25, 0.3) is 0 Å². The number of hydrogen-bond donors (Lipinski definition) is 2. The molecule has 4 saturated carbocycles. The summed E-state index contributed by atoms with van der Waals surface area (Å²) in [5.41, 5.74) is -0.656. The minimum Gasteiger partial charge on any atom is -0.493 e. The van der Waals surface area contributed by atoms with Crippen LogP contribution < -0.4 is 18.9 Å². The van der Waals surface area contributed by atoms with Crippen molar-refractivity contribution in [2.24, 2.45) is 17.8 Å². The fourth-order valence-electron chi connectivity index (χ4n) is 14.0. The Labute approximate surface area is 391 Å². The molecule has 10 atom stereocenters. The second-order valence-electron chi connectivity index (χ2n) is 21.5. The fourth-order valence-corrected chi connectivity index (χ4v) is 15.1. The van der Waals surface area contributed by atoms with E-state index in [-0.39, 0.29) is 41.6 Å². The number of methoxy groups -OCH3 is 1. The lowest BCUT2D eigenvalue weighted by Gasteiger charge is -2.62. The van der Waals surface area contributed by atoms with Crippen LogP contribution in [0.5, 0.6) is 23.0 Å². The van der Waals surface area contributed by atoms with Gasteiger partial charge in [-0.05, 0) is 146 Å². The van der Waals surface area contributed by atoms with Crippen LogP contribution in [-0.2, 0) is 36.4 Å². The SMILES string of the molecule is COc1c(OC(=O)C(C)c2ccc(C(C)C(=O)Oc3ccc4c5c3O[C@H]3C(=O)CC[C@@]6(O)[C@@H](C4)N(CC4CC4)CC[C@]536)s2)ccc(C)c1[C@]12CCN(CC3CC3)[C@H](C)[C@]1(O)CCC(=O)[C@@H]2C. The van der Waals surface area contributed by atoms with Gasteiger partial charge in [0.05, 0.1) is 35.6 Å². The van der Waals surface area contributed by atoms with Gasteiger partial charge in [0.15, 0.2) is 34.9 Å². The first-order chi connectivity index (χ1) is 31.6. The van der Waals surface area contributed by atoms with Crippen molar-refractivity contribution in [1.29, 1.82) is 0 Å². The van der Waals surface area contributed by atoms with E-state index in [4.69, 9.17) is 18.9 Å². The smallest absolute Gasteiger partial charge is 0.319 e. The number of carbonyl (C=O) groups excluding carboxylic acids is 4. The number of aryl methyl sites for hydroxylation is 1. The van der Waals surface area contributed by atoms with Gasteiger partial charge in [-0.1, -0.05) is 19.1 Å². The van der Waals surface area contributed by atoms with E-state index in [2.05, 4.69) is 16.7 Å². The molecule has 12 nitrogen and oxygen atoms in total. The number of nitrogens with zero attached hydrogens (tertiary/aromatic N) is 2. The van der Waals surface area contributed by atoms with Gasteiger partial charge in [-0.15, -0.1) is 11.3 Å². The molecule has 2 saturated heterocycles. The normalized spacial score (nSPS) is 34.5. The Balaban J connectivity index is 0.823. The van der Waals surface area contributed by atoms with Gasteiger partial charge in [0.25, 0.3) is 0 Å². The van der Waals surface area contributed by atoms with Gasteiger partial charge in [-0.3, -0.25) is 29.0 Å². The molecule has 0 amide bonds. The van der Waals surface area contributed by atoms with Crippen LogP contribution in [0.15, 0.2) is 36.4 Å². The van der Waals surface area contributed by atoms with Crippen molar-refractivity contribution < 1.29 is 48.3 Å². The van der Waals surface area contributed by atoms with Crippen molar-refractivity contribution in [3.63, 3.8) is 0 Å². The maximum absolute atomic E-state index is 14.1. The van der Waals surface area contributed by atoms with E-state index < -0.39 is 57.8 Å². The maximum atomic E-state index is 14.1. The molecule has 8 aliphatic rings. The number of fused-ring (bicyclic) bond motifs is 1. The summed E-state index contributed by atoms with van der Waals surface area (Å²) in [4.78, 5) is 61.6. The summed E-state index contributed by atoms with van der Waals surface area (Å²) < 4.78 is 25.0. The maximum Gasteiger partial charge on any atom is 0.319 e. The van der Waals surface area contributed by atoms with E-state index in [1.54, 1.807) is 33.1 Å². The first-order valence-electron chi connectivity index (χ1n) is 24.6. The minimum absolute atomic E-state index is 0.0136. The Hall–Kier alpha value is -4.14. The molecule has 352 valence electrons. The van der Waals surface area contributed by atoms with E-state index in [1.807, 2.05) is 38.1 Å². The molecule has 2 bridgehead atoms. The number of benzene rings is 2. The number of likely N-dealkylation sites (tertiary alicyclic amines) is 2. The number of ketones is 2. The predicted octanol–water partition coefficient (Wildman–Crippen LogP) is 7.09. The first-order valence-corrected chi connectivity index (χ1v) is 25.4. The van der Waals surface area contributed by atoms with Crippen molar-refractivity contribution >= 4 is 34.8 Å². The number of ether oxygens (including phenoxy) is 4. The van der Waals surface area contributed by atoms with E-state index in [9.17, 15) is 29.4 Å². The third-order valence-electron chi connectivity index (χ3n) is 18.1. The van der Waals surface area contributed by atoms with Crippen LogP contribution in [-0.4, -0.2) is 106 Å². The predicted molar refractivity (Wildman–Crippen MR) is 247 cm³/mol. The molecule has 3 aliphatic heterocycles. The number of aliphatic hydroxyl groups is 2. The summed E-state index contributed by atoms with van der Waals surface area (Å²) >= 11 is 1.34. The van der Waals surface area contributed by atoms with Gasteiger partial charge in [0.2, 0.25) is 0 Å². The van der Waals surface area contributed by atoms with Gasteiger partial charge < -0.3 is 29.2 Å². The second kappa shape index (κ2) is 15.7. The lowest BCUT2D eigenvalue weighted by molar-refractivity contribution is -0.188. The van der Waals surface area contributed by atoms with Gasteiger partial charge in [-0.2, -0.15) is 0 Å². The highest BCUT2D eigenvalue weighted by Crippen LogP contribution is 2.65. The van der Waals surface area contributed by atoms with Crippen molar-refractivity contribution in [2.75, 3.05) is 33.3 Å². The molecular weight excluding hydrogens is 857 g/mol. The zero-order valence-corrected chi connectivity index (χ0v) is 40.0. The Morgan fingerprint density at radius 2 is 1.36 bits per heavy atom. The van der Waals surface area contributed by atoms with E-state index in [0.717, 1.165) is 48.4 Å². The third kappa shape index (κ3) is 6.34. The quantitative estimate of drug-likeness (QED) is 0.141. The molecule has 0 radical (unpaired) electrons. The van der Waals surface area contributed by atoms with E-state index in [1.165, 1.54) is 37.0 Å². The topological polar surface area (TPSA) is 152 Å². The molecule has 6 fully saturated rings. The zero-order chi connectivity index (χ0) is 46.2. The number of Topliss-reactive ketones (excluding diaryl/α,β-unsaturated/α-hetero) is 2. The van der Waals surface area contributed by atoms with Crippen LogP contribution in [0.2, 0.25) is 0 Å². The van der Waals surface area contributed by atoms with Crippen LogP contribution in [0, 0.1) is 24.7 Å². The summed E-state index contributed by atoms with van der Waals surface area (Å²) in [6.07, 6.45) is 7.21. The lowest BCUT2D eigenvalue weighted by atomic mass is 9.49. The van der Waals surface area contributed by atoms with Crippen LogP contribution in [0.4, 0.5) is 0 Å². The first kappa shape index (κ1) is 44.4. The molecule has 1 aromatic heterocycles. The molecule has 5 aliphatic carbocycles. The van der Waals surface area contributed by atoms with Crippen LogP contribution >= 0.6 is 11.3 Å². The molecule has 11 rings (SSSR count). The number of carbonyl (C=O) groups is 4. The number of hydrogen-bond acceptors (Lipinski definition) is 13. The fraction of sp³-hybridized carbons (Fsp3) is 0.623. The summed E-state index contributed by atoms with van der Waals surface area (Å²) in [5, 5.41) is 25.6. The van der Waals surface area contributed by atoms with Crippen LogP contribution in [0.3, 0.4) is 0 Å². The Morgan fingerprint density at radius 3 is 2.03 bits per heavy atom. The number of piperidine rings is 2.